The minimum absolute atomic E-state index is 0.118. The molecular weight excluding hydrogens is 328 g/mol. The highest BCUT2D eigenvalue weighted by atomic mass is 16.5. The minimum Gasteiger partial charge on any atom is -0.497 e. The van der Waals surface area contributed by atoms with Crippen LogP contribution in [0.15, 0.2) is 24.4 Å². The zero-order valence-corrected chi connectivity index (χ0v) is 14.4. The standard InChI is InChI=1S/C15H20N6O4/c1-20(2)15(23)18-13-8-16-21(19-13)9-14(22)17-11-6-5-10(24-3)7-12(11)25-4/h5-8H,9H2,1-4H3,(H,17,22)(H,18,19,23). The first-order chi connectivity index (χ1) is 11.9. The van der Waals surface area contributed by atoms with Crippen molar-refractivity contribution >= 4 is 23.4 Å². The van der Waals surface area contributed by atoms with Crippen LogP contribution >= 0.6 is 0 Å². The Morgan fingerprint density at radius 1 is 1.20 bits per heavy atom. The molecule has 0 aliphatic rings. The van der Waals surface area contributed by atoms with E-state index in [-0.39, 0.29) is 24.3 Å². The van der Waals surface area contributed by atoms with E-state index in [1.165, 1.54) is 23.0 Å². The summed E-state index contributed by atoms with van der Waals surface area (Å²) in [7, 11) is 6.26. The van der Waals surface area contributed by atoms with Gasteiger partial charge in [-0.05, 0) is 12.1 Å². The molecule has 134 valence electrons. The van der Waals surface area contributed by atoms with Crippen LogP contribution in [0.5, 0.6) is 11.5 Å². The van der Waals surface area contributed by atoms with Gasteiger partial charge in [0.1, 0.15) is 18.0 Å². The lowest BCUT2D eigenvalue weighted by molar-refractivity contribution is -0.117. The molecule has 3 amide bonds. The lowest BCUT2D eigenvalue weighted by Crippen LogP contribution is -2.27. The number of nitrogens with zero attached hydrogens (tertiary/aromatic N) is 4. The Morgan fingerprint density at radius 2 is 1.96 bits per heavy atom. The van der Waals surface area contributed by atoms with E-state index in [0.717, 1.165) is 0 Å². The second-order valence-electron chi connectivity index (χ2n) is 5.20. The van der Waals surface area contributed by atoms with Crippen molar-refractivity contribution in [1.82, 2.24) is 19.9 Å². The predicted octanol–water partition coefficient (Wildman–Crippen LogP) is 1.03. The Kier molecular flexibility index (Phi) is 5.77. The third-order valence-electron chi connectivity index (χ3n) is 3.15. The molecule has 0 atom stereocenters. The van der Waals surface area contributed by atoms with Gasteiger partial charge in [0.05, 0.1) is 26.1 Å². The minimum atomic E-state index is -0.343. The van der Waals surface area contributed by atoms with E-state index in [2.05, 4.69) is 20.8 Å². The largest absolute Gasteiger partial charge is 0.497 e. The average Bonchev–Trinajstić information content (AvgIpc) is 3.01. The van der Waals surface area contributed by atoms with Gasteiger partial charge < -0.3 is 19.7 Å². The molecule has 0 radical (unpaired) electrons. The molecule has 0 spiro atoms. The summed E-state index contributed by atoms with van der Waals surface area (Å²) in [5.74, 6) is 1.00. The monoisotopic (exact) mass is 348 g/mol. The van der Waals surface area contributed by atoms with Crippen LogP contribution in [0.4, 0.5) is 16.3 Å². The number of urea groups is 1. The van der Waals surface area contributed by atoms with Gasteiger partial charge in [-0.3, -0.25) is 10.1 Å². The highest BCUT2D eigenvalue weighted by Gasteiger charge is 2.12. The van der Waals surface area contributed by atoms with E-state index in [1.807, 2.05) is 0 Å². The third kappa shape index (κ3) is 4.83. The van der Waals surface area contributed by atoms with Crippen molar-refractivity contribution in [2.45, 2.75) is 6.54 Å². The van der Waals surface area contributed by atoms with Crippen LogP contribution in [0.3, 0.4) is 0 Å². The van der Waals surface area contributed by atoms with Crippen LogP contribution in [-0.2, 0) is 11.3 Å². The molecule has 0 bridgehead atoms. The number of ether oxygens (including phenoxy) is 2. The van der Waals surface area contributed by atoms with Crippen LogP contribution in [0.2, 0.25) is 0 Å². The Bertz CT molecular complexity index is 758. The fraction of sp³-hybridized carbons (Fsp3) is 0.333. The van der Waals surface area contributed by atoms with E-state index in [9.17, 15) is 9.59 Å². The molecule has 0 fully saturated rings. The van der Waals surface area contributed by atoms with Crippen LogP contribution in [-0.4, -0.2) is 60.1 Å². The number of hydrogen-bond donors (Lipinski definition) is 2. The van der Waals surface area contributed by atoms with Crippen molar-refractivity contribution in [3.8, 4) is 11.5 Å². The van der Waals surface area contributed by atoms with E-state index in [4.69, 9.17) is 9.47 Å². The summed E-state index contributed by atoms with van der Waals surface area (Å²) in [5, 5.41) is 13.2. The zero-order valence-electron chi connectivity index (χ0n) is 14.4. The number of rotatable bonds is 6. The molecule has 10 heteroatoms. The van der Waals surface area contributed by atoms with Crippen molar-refractivity contribution in [2.24, 2.45) is 0 Å². The lowest BCUT2D eigenvalue weighted by Gasteiger charge is -2.11. The second-order valence-corrected chi connectivity index (χ2v) is 5.20. The third-order valence-corrected chi connectivity index (χ3v) is 3.15. The smallest absolute Gasteiger partial charge is 0.322 e. The molecule has 0 aliphatic carbocycles. The molecule has 0 saturated carbocycles. The summed E-state index contributed by atoms with van der Waals surface area (Å²) < 4.78 is 10.3. The van der Waals surface area contributed by atoms with Gasteiger partial charge >= 0.3 is 6.03 Å². The molecule has 2 N–H and O–H groups in total. The normalized spacial score (nSPS) is 10.1. The number of methoxy groups -OCH3 is 2. The van der Waals surface area contributed by atoms with Gasteiger partial charge in [-0.1, -0.05) is 0 Å². The maximum absolute atomic E-state index is 12.1. The number of hydrogen-bond acceptors (Lipinski definition) is 6. The van der Waals surface area contributed by atoms with Crippen LogP contribution in [0.1, 0.15) is 0 Å². The van der Waals surface area contributed by atoms with Gasteiger partial charge in [0.2, 0.25) is 5.91 Å². The van der Waals surface area contributed by atoms with E-state index >= 15 is 0 Å². The van der Waals surface area contributed by atoms with Crippen molar-refractivity contribution < 1.29 is 19.1 Å². The number of benzene rings is 1. The summed E-state index contributed by atoms with van der Waals surface area (Å²) in [6.45, 7) is -0.118. The molecule has 1 aromatic carbocycles. The SMILES string of the molecule is COc1ccc(NC(=O)Cn2ncc(NC(=O)N(C)C)n2)c(OC)c1. The highest BCUT2D eigenvalue weighted by molar-refractivity contribution is 5.92. The quantitative estimate of drug-likeness (QED) is 0.807. The maximum atomic E-state index is 12.1. The van der Waals surface area contributed by atoms with E-state index in [1.54, 1.807) is 39.4 Å². The number of anilines is 2. The first kappa shape index (κ1) is 18.0. The lowest BCUT2D eigenvalue weighted by atomic mass is 10.2. The average molecular weight is 348 g/mol. The number of carbonyl (C=O) groups excluding carboxylic acids is 2. The van der Waals surface area contributed by atoms with Crippen molar-refractivity contribution in [1.29, 1.82) is 0 Å². The van der Waals surface area contributed by atoms with Crippen molar-refractivity contribution in [2.75, 3.05) is 38.9 Å². The Balaban J connectivity index is 1.99. The topological polar surface area (TPSA) is 111 Å². The van der Waals surface area contributed by atoms with Crippen molar-refractivity contribution in [3.63, 3.8) is 0 Å². The first-order valence-electron chi connectivity index (χ1n) is 7.33. The molecule has 10 nitrogen and oxygen atoms in total. The number of amides is 3. The van der Waals surface area contributed by atoms with Crippen LogP contribution in [0.25, 0.3) is 0 Å². The Hall–Kier alpha value is -3.30. The summed E-state index contributed by atoms with van der Waals surface area (Å²) >= 11 is 0. The van der Waals surface area contributed by atoms with Gasteiger partial charge in [-0.2, -0.15) is 9.90 Å². The van der Waals surface area contributed by atoms with E-state index in [0.29, 0.717) is 17.2 Å². The molecule has 0 aliphatic heterocycles. The van der Waals surface area contributed by atoms with Gasteiger partial charge in [-0.15, -0.1) is 5.10 Å². The molecule has 1 heterocycles. The van der Waals surface area contributed by atoms with Gasteiger partial charge in [0.25, 0.3) is 0 Å². The molecule has 25 heavy (non-hydrogen) atoms. The van der Waals surface area contributed by atoms with Crippen molar-refractivity contribution in [3.05, 3.63) is 24.4 Å². The molecule has 2 rings (SSSR count). The molecular formula is C15H20N6O4. The first-order valence-corrected chi connectivity index (χ1v) is 7.33. The van der Waals surface area contributed by atoms with E-state index < -0.39 is 0 Å². The zero-order chi connectivity index (χ0) is 18.4. The summed E-state index contributed by atoms with van der Waals surface area (Å²) in [4.78, 5) is 26.2. The summed E-state index contributed by atoms with van der Waals surface area (Å²) in [5.41, 5.74) is 0.501. The Morgan fingerprint density at radius 3 is 2.60 bits per heavy atom. The van der Waals surface area contributed by atoms with Gasteiger partial charge in [0, 0.05) is 20.2 Å². The summed E-state index contributed by atoms with van der Waals surface area (Å²) in [6, 6.07) is 4.71. The Labute approximate surface area is 144 Å². The predicted molar refractivity (Wildman–Crippen MR) is 90.9 cm³/mol. The summed E-state index contributed by atoms with van der Waals surface area (Å²) in [6.07, 6.45) is 1.36. The number of nitrogens with one attached hydrogen (secondary N) is 2. The van der Waals surface area contributed by atoms with Gasteiger partial charge in [-0.25, -0.2) is 4.79 Å². The molecule has 2 aromatic rings. The molecule has 0 unspecified atom stereocenters. The van der Waals surface area contributed by atoms with Crippen LogP contribution < -0.4 is 20.1 Å². The fourth-order valence-electron chi connectivity index (χ4n) is 1.87. The fourth-order valence-corrected chi connectivity index (χ4v) is 1.87. The number of carbonyl (C=O) groups is 2. The maximum Gasteiger partial charge on any atom is 0.322 e. The molecule has 0 saturated heterocycles. The second kappa shape index (κ2) is 7.99. The highest BCUT2D eigenvalue weighted by Crippen LogP contribution is 2.28. The molecule has 1 aromatic heterocycles. The number of aromatic nitrogens is 3. The van der Waals surface area contributed by atoms with Gasteiger partial charge in [0.15, 0.2) is 5.82 Å². The van der Waals surface area contributed by atoms with Crippen LogP contribution in [0, 0.1) is 0 Å².